The van der Waals surface area contributed by atoms with Gasteiger partial charge < -0.3 is 10.1 Å². The first-order valence-corrected chi connectivity index (χ1v) is 7.86. The molecule has 0 bridgehead atoms. The minimum absolute atomic E-state index is 0.0439. The third-order valence-electron chi connectivity index (χ3n) is 3.19. The molecule has 0 atom stereocenters. The molecule has 3 nitrogen and oxygen atoms in total. The second-order valence-electron chi connectivity index (χ2n) is 5.03. The molecule has 0 saturated carbocycles. The lowest BCUT2D eigenvalue weighted by molar-refractivity contribution is -0.118. The monoisotopic (exact) mass is 349 g/mol. The summed E-state index contributed by atoms with van der Waals surface area (Å²) in [5.41, 5.74) is 2.14. The van der Waals surface area contributed by atoms with Gasteiger partial charge in [-0.15, -0.1) is 0 Å². The van der Waals surface area contributed by atoms with E-state index in [9.17, 15) is 4.79 Å². The first-order chi connectivity index (χ1) is 11.0. The van der Waals surface area contributed by atoms with Crippen LogP contribution < -0.4 is 10.1 Å². The van der Waals surface area contributed by atoms with E-state index in [0.29, 0.717) is 28.1 Å². The van der Waals surface area contributed by atoms with E-state index in [1.807, 2.05) is 37.3 Å². The number of rotatable bonds is 5. The highest BCUT2D eigenvalue weighted by molar-refractivity contribution is 6.35. The van der Waals surface area contributed by atoms with Gasteiger partial charge in [0, 0.05) is 18.5 Å². The number of amides is 1. The smallest absolute Gasteiger partial charge is 0.217 e. The molecular formula is C18H17Cl2NO2. The van der Waals surface area contributed by atoms with Gasteiger partial charge in [0.15, 0.2) is 0 Å². The molecule has 2 aromatic carbocycles. The number of halogens is 2. The van der Waals surface area contributed by atoms with Crippen molar-refractivity contribution in [3.8, 4) is 11.5 Å². The van der Waals surface area contributed by atoms with Crippen molar-refractivity contribution >= 4 is 34.7 Å². The fourth-order valence-corrected chi connectivity index (χ4v) is 2.38. The first-order valence-electron chi connectivity index (χ1n) is 7.10. The molecule has 0 aliphatic carbocycles. The number of carbonyl (C=O) groups is 1. The normalized spacial score (nSPS) is 11.2. The molecule has 2 rings (SSSR count). The Bertz CT molecular complexity index is 724. The highest BCUT2D eigenvalue weighted by atomic mass is 35.5. The Balaban J connectivity index is 2.05. The van der Waals surface area contributed by atoms with Gasteiger partial charge in [-0.1, -0.05) is 41.4 Å². The van der Waals surface area contributed by atoms with E-state index >= 15 is 0 Å². The van der Waals surface area contributed by atoms with E-state index in [1.54, 1.807) is 18.2 Å². The van der Waals surface area contributed by atoms with Gasteiger partial charge in [0.05, 0.1) is 5.02 Å². The van der Waals surface area contributed by atoms with Gasteiger partial charge >= 0.3 is 0 Å². The Morgan fingerprint density at radius 1 is 1.13 bits per heavy atom. The summed E-state index contributed by atoms with van der Waals surface area (Å²) in [6.45, 7) is 4.00. The molecule has 0 radical (unpaired) electrons. The third kappa shape index (κ3) is 5.31. The van der Waals surface area contributed by atoms with Crippen LogP contribution in [-0.4, -0.2) is 12.5 Å². The van der Waals surface area contributed by atoms with Gasteiger partial charge in [0.1, 0.15) is 11.5 Å². The van der Waals surface area contributed by atoms with Crippen LogP contribution in [0, 0.1) is 0 Å². The number of carbonyl (C=O) groups excluding carboxylic acids is 1. The van der Waals surface area contributed by atoms with Crippen molar-refractivity contribution in [2.24, 2.45) is 0 Å². The molecule has 5 heteroatoms. The van der Waals surface area contributed by atoms with E-state index in [0.717, 1.165) is 11.1 Å². The number of allylic oxidation sites excluding steroid dienone is 1. The summed E-state index contributed by atoms with van der Waals surface area (Å²) in [5, 5.41) is 3.77. The second-order valence-corrected chi connectivity index (χ2v) is 5.87. The molecule has 1 amide bonds. The standard InChI is InChI=1S/C18H17Cl2NO2/c1-12(9-10-21-13(2)22)14-3-6-16(7-4-14)23-18-8-5-15(19)11-17(18)20/h3-9,11H,10H2,1-2H3,(H,21,22)/b12-9-. The van der Waals surface area contributed by atoms with E-state index in [4.69, 9.17) is 27.9 Å². The maximum absolute atomic E-state index is 10.9. The zero-order valence-electron chi connectivity index (χ0n) is 12.9. The molecule has 1 N–H and O–H groups in total. The highest BCUT2D eigenvalue weighted by Gasteiger charge is 2.04. The van der Waals surface area contributed by atoms with Gasteiger partial charge in [0.2, 0.25) is 5.91 Å². The summed E-state index contributed by atoms with van der Waals surface area (Å²) in [6, 6.07) is 12.8. The minimum atomic E-state index is -0.0439. The quantitative estimate of drug-likeness (QED) is 0.792. The van der Waals surface area contributed by atoms with Crippen LogP contribution >= 0.6 is 23.2 Å². The maximum atomic E-state index is 10.9. The number of benzene rings is 2. The Hall–Kier alpha value is -1.97. The fourth-order valence-electron chi connectivity index (χ4n) is 1.94. The van der Waals surface area contributed by atoms with Gasteiger partial charge in [-0.25, -0.2) is 0 Å². The van der Waals surface area contributed by atoms with Crippen LogP contribution in [0.2, 0.25) is 10.0 Å². The average molecular weight is 350 g/mol. The Kier molecular flexibility index (Phi) is 6.08. The van der Waals surface area contributed by atoms with Crippen LogP contribution in [0.1, 0.15) is 19.4 Å². The zero-order chi connectivity index (χ0) is 16.8. The largest absolute Gasteiger partial charge is 0.456 e. The van der Waals surface area contributed by atoms with Gasteiger partial charge in [-0.05, 0) is 48.4 Å². The summed E-state index contributed by atoms with van der Waals surface area (Å²) >= 11 is 12.0. The molecule has 0 fully saturated rings. The molecule has 0 saturated heterocycles. The van der Waals surface area contributed by atoms with Gasteiger partial charge in [-0.2, -0.15) is 0 Å². The van der Waals surface area contributed by atoms with Crippen LogP contribution in [0.25, 0.3) is 5.57 Å². The van der Waals surface area contributed by atoms with Crippen LogP contribution in [-0.2, 0) is 4.79 Å². The lowest BCUT2D eigenvalue weighted by Gasteiger charge is -2.09. The molecular weight excluding hydrogens is 333 g/mol. The Morgan fingerprint density at radius 2 is 1.83 bits per heavy atom. The maximum Gasteiger partial charge on any atom is 0.217 e. The summed E-state index contributed by atoms with van der Waals surface area (Å²) in [5.74, 6) is 1.20. The molecule has 2 aromatic rings. The summed E-state index contributed by atoms with van der Waals surface area (Å²) < 4.78 is 5.74. The van der Waals surface area contributed by atoms with Gasteiger partial charge in [-0.3, -0.25) is 4.79 Å². The molecule has 0 aliphatic rings. The summed E-state index contributed by atoms with van der Waals surface area (Å²) in [4.78, 5) is 10.9. The molecule has 0 heterocycles. The lowest BCUT2D eigenvalue weighted by Crippen LogP contribution is -2.19. The SMILES string of the molecule is CC(=O)NC/C=C(/C)c1ccc(Oc2ccc(Cl)cc2Cl)cc1. The van der Waals surface area contributed by atoms with Crippen molar-refractivity contribution < 1.29 is 9.53 Å². The number of nitrogens with one attached hydrogen (secondary N) is 1. The van der Waals surface area contributed by atoms with Crippen LogP contribution in [0.3, 0.4) is 0 Å². The Morgan fingerprint density at radius 3 is 2.43 bits per heavy atom. The van der Waals surface area contributed by atoms with Gasteiger partial charge in [0.25, 0.3) is 0 Å². The second kappa shape index (κ2) is 8.04. The number of hydrogen-bond donors (Lipinski definition) is 1. The van der Waals surface area contributed by atoms with Crippen molar-refractivity contribution in [1.82, 2.24) is 5.32 Å². The average Bonchev–Trinajstić information content (AvgIpc) is 2.50. The molecule has 0 unspecified atom stereocenters. The molecule has 120 valence electrons. The third-order valence-corrected chi connectivity index (χ3v) is 3.72. The minimum Gasteiger partial charge on any atom is -0.456 e. The topological polar surface area (TPSA) is 38.3 Å². The predicted molar refractivity (Wildman–Crippen MR) is 95.3 cm³/mol. The van der Waals surface area contributed by atoms with Crippen LogP contribution in [0.15, 0.2) is 48.5 Å². The zero-order valence-corrected chi connectivity index (χ0v) is 14.4. The molecule has 0 aliphatic heterocycles. The van der Waals surface area contributed by atoms with Crippen LogP contribution in [0.4, 0.5) is 0 Å². The molecule has 0 spiro atoms. The first kappa shape index (κ1) is 17.4. The summed E-state index contributed by atoms with van der Waals surface area (Å²) in [7, 11) is 0. The fraction of sp³-hybridized carbons (Fsp3) is 0.167. The number of ether oxygens (including phenoxy) is 1. The lowest BCUT2D eigenvalue weighted by atomic mass is 10.1. The van der Waals surface area contributed by atoms with E-state index in [-0.39, 0.29) is 5.91 Å². The van der Waals surface area contributed by atoms with Crippen LogP contribution in [0.5, 0.6) is 11.5 Å². The molecule has 23 heavy (non-hydrogen) atoms. The van der Waals surface area contributed by atoms with Crippen molar-refractivity contribution in [3.63, 3.8) is 0 Å². The van der Waals surface area contributed by atoms with E-state index in [2.05, 4.69) is 5.32 Å². The Labute approximate surface area is 145 Å². The summed E-state index contributed by atoms with van der Waals surface area (Å²) in [6.07, 6.45) is 1.97. The highest BCUT2D eigenvalue weighted by Crippen LogP contribution is 2.31. The van der Waals surface area contributed by atoms with E-state index in [1.165, 1.54) is 6.92 Å². The predicted octanol–water partition coefficient (Wildman–Crippen LogP) is 5.33. The number of hydrogen-bond acceptors (Lipinski definition) is 2. The van der Waals surface area contributed by atoms with Crippen molar-refractivity contribution in [2.75, 3.05) is 6.54 Å². The van der Waals surface area contributed by atoms with Crippen molar-refractivity contribution in [1.29, 1.82) is 0 Å². The van der Waals surface area contributed by atoms with Crippen molar-refractivity contribution in [2.45, 2.75) is 13.8 Å². The molecule has 0 aromatic heterocycles. The van der Waals surface area contributed by atoms with Crippen molar-refractivity contribution in [3.05, 3.63) is 64.1 Å². The van der Waals surface area contributed by atoms with E-state index < -0.39 is 0 Å².